The third kappa shape index (κ3) is 4.67. The van der Waals surface area contributed by atoms with Crippen LogP contribution in [0.3, 0.4) is 0 Å². The molecule has 1 fully saturated rings. The molecule has 0 radical (unpaired) electrons. The van der Waals surface area contributed by atoms with Gasteiger partial charge in [0.2, 0.25) is 11.8 Å². The second kappa shape index (κ2) is 9.93. The summed E-state index contributed by atoms with van der Waals surface area (Å²) in [5.41, 5.74) is 7.64. The zero-order valence-electron chi connectivity index (χ0n) is 19.1. The number of carbonyl (C=O) groups is 1. The lowest BCUT2D eigenvalue weighted by molar-refractivity contribution is -0.126. The lowest BCUT2D eigenvalue weighted by Crippen LogP contribution is -2.48. The summed E-state index contributed by atoms with van der Waals surface area (Å²) in [6, 6.07) is 3.32. The Labute approximate surface area is 211 Å². The van der Waals surface area contributed by atoms with Crippen LogP contribution in [-0.4, -0.2) is 65.3 Å². The fraction of sp³-hybridized carbons (Fsp3) is 0.261. The molecule has 3 heterocycles. The highest BCUT2D eigenvalue weighted by molar-refractivity contribution is 6.32. The van der Waals surface area contributed by atoms with Crippen molar-refractivity contribution in [2.75, 3.05) is 43.9 Å². The molecule has 0 aliphatic carbocycles. The second-order valence-electron chi connectivity index (χ2n) is 7.76. The number of rotatable bonds is 6. The van der Waals surface area contributed by atoms with Gasteiger partial charge in [-0.05, 0) is 25.1 Å². The molecule has 3 aromatic rings. The van der Waals surface area contributed by atoms with E-state index in [4.69, 9.17) is 43.8 Å². The van der Waals surface area contributed by atoms with Gasteiger partial charge in [0.1, 0.15) is 22.2 Å². The lowest BCUT2D eigenvalue weighted by atomic mass is 10.1. The average Bonchev–Trinajstić information content (AvgIpc) is 2.86. The standard InChI is InChI=1S/C23H23Cl2N7O3/c1-4-18(33)31-5-7-32(8-6-31)21-13-9-17(25)28-22(19(13)29-23(30-21)34-3)35-20-12(2)15(24)10-16(27)14(20)11-26/h4,9-11,26H,1,5-8,27H2,2-3H3. The second-order valence-corrected chi connectivity index (χ2v) is 8.55. The van der Waals surface area contributed by atoms with Crippen LogP contribution in [0.4, 0.5) is 11.5 Å². The number of hydrogen-bond donors (Lipinski definition) is 2. The predicted molar refractivity (Wildman–Crippen MR) is 136 cm³/mol. The fourth-order valence-electron chi connectivity index (χ4n) is 3.85. The summed E-state index contributed by atoms with van der Waals surface area (Å²) in [6.07, 6.45) is 2.40. The van der Waals surface area contributed by atoms with Gasteiger partial charge in [0, 0.05) is 48.7 Å². The van der Waals surface area contributed by atoms with E-state index in [0.29, 0.717) is 59.0 Å². The van der Waals surface area contributed by atoms with Gasteiger partial charge < -0.3 is 30.4 Å². The number of nitrogens with zero attached hydrogens (tertiary/aromatic N) is 5. The Hall–Kier alpha value is -3.63. The van der Waals surface area contributed by atoms with Crippen molar-refractivity contribution in [1.82, 2.24) is 19.9 Å². The number of nitrogens with one attached hydrogen (secondary N) is 1. The Balaban J connectivity index is 1.83. The number of amides is 1. The largest absolute Gasteiger partial charge is 0.467 e. The number of piperazine rings is 1. The number of hydrogen-bond acceptors (Lipinski definition) is 9. The first-order valence-corrected chi connectivity index (χ1v) is 11.4. The van der Waals surface area contributed by atoms with Gasteiger partial charge in [-0.25, -0.2) is 0 Å². The summed E-state index contributed by atoms with van der Waals surface area (Å²) in [6.45, 7) is 7.38. The van der Waals surface area contributed by atoms with Gasteiger partial charge >= 0.3 is 6.01 Å². The number of methoxy groups -OCH3 is 1. The van der Waals surface area contributed by atoms with Crippen molar-refractivity contribution >= 4 is 57.7 Å². The smallest absolute Gasteiger partial charge is 0.318 e. The van der Waals surface area contributed by atoms with Crippen LogP contribution < -0.4 is 20.1 Å². The van der Waals surface area contributed by atoms with Crippen molar-refractivity contribution in [1.29, 1.82) is 5.41 Å². The first-order chi connectivity index (χ1) is 16.8. The van der Waals surface area contributed by atoms with Gasteiger partial charge in [-0.2, -0.15) is 15.0 Å². The molecule has 3 N–H and O–H groups in total. The molecule has 10 nitrogen and oxygen atoms in total. The molecule has 1 aromatic carbocycles. The molecule has 182 valence electrons. The van der Waals surface area contributed by atoms with Gasteiger partial charge in [-0.15, -0.1) is 0 Å². The normalized spacial score (nSPS) is 13.6. The first-order valence-electron chi connectivity index (χ1n) is 10.6. The SMILES string of the molecule is C=CC(=O)N1CCN(c2nc(OC)nc3c(Oc4c(C)c(Cl)cc(N)c4C=N)nc(Cl)cc23)CC1. The quantitative estimate of drug-likeness (QED) is 0.219. The van der Waals surface area contributed by atoms with Crippen molar-refractivity contribution in [3.8, 4) is 17.6 Å². The maximum absolute atomic E-state index is 12.0. The van der Waals surface area contributed by atoms with E-state index in [1.165, 1.54) is 13.2 Å². The monoisotopic (exact) mass is 515 g/mol. The summed E-state index contributed by atoms with van der Waals surface area (Å²) >= 11 is 12.7. The van der Waals surface area contributed by atoms with E-state index in [1.807, 2.05) is 4.90 Å². The number of nitrogen functional groups attached to an aromatic ring is 1. The van der Waals surface area contributed by atoms with Crippen molar-refractivity contribution in [2.24, 2.45) is 0 Å². The van der Waals surface area contributed by atoms with Crippen LogP contribution in [0, 0.1) is 12.3 Å². The van der Waals surface area contributed by atoms with Gasteiger partial charge in [-0.1, -0.05) is 29.8 Å². The summed E-state index contributed by atoms with van der Waals surface area (Å²) in [4.78, 5) is 29.1. The molecule has 1 saturated heterocycles. The van der Waals surface area contributed by atoms with Crippen LogP contribution >= 0.6 is 23.2 Å². The Morgan fingerprint density at radius 3 is 2.54 bits per heavy atom. The predicted octanol–water partition coefficient (Wildman–Crippen LogP) is 3.86. The molecule has 0 atom stereocenters. The number of carbonyl (C=O) groups excluding carboxylic acids is 1. The van der Waals surface area contributed by atoms with E-state index in [-0.39, 0.29) is 34.4 Å². The van der Waals surface area contributed by atoms with E-state index in [0.717, 1.165) is 6.21 Å². The van der Waals surface area contributed by atoms with Crippen LogP contribution in [0.15, 0.2) is 24.8 Å². The van der Waals surface area contributed by atoms with E-state index in [1.54, 1.807) is 24.0 Å². The van der Waals surface area contributed by atoms with E-state index in [2.05, 4.69) is 21.5 Å². The van der Waals surface area contributed by atoms with Crippen LogP contribution in [-0.2, 0) is 4.79 Å². The highest BCUT2D eigenvalue weighted by Gasteiger charge is 2.25. The van der Waals surface area contributed by atoms with Crippen LogP contribution in [0.1, 0.15) is 11.1 Å². The summed E-state index contributed by atoms with van der Waals surface area (Å²) < 4.78 is 11.5. The zero-order valence-corrected chi connectivity index (χ0v) is 20.7. The molecule has 0 saturated carbocycles. The highest BCUT2D eigenvalue weighted by atomic mass is 35.5. The molecule has 1 amide bonds. The summed E-state index contributed by atoms with van der Waals surface area (Å²) in [5, 5.41) is 8.93. The van der Waals surface area contributed by atoms with Crippen LogP contribution in [0.5, 0.6) is 17.6 Å². The van der Waals surface area contributed by atoms with Crippen LogP contribution in [0.25, 0.3) is 10.9 Å². The van der Waals surface area contributed by atoms with E-state index < -0.39 is 0 Å². The molecule has 0 spiro atoms. The number of pyridine rings is 1. The van der Waals surface area contributed by atoms with Crippen molar-refractivity contribution in [2.45, 2.75) is 6.92 Å². The molecule has 0 unspecified atom stereocenters. The molecule has 1 aliphatic rings. The minimum absolute atomic E-state index is 0.0859. The fourth-order valence-corrected chi connectivity index (χ4v) is 4.24. The number of ether oxygens (including phenoxy) is 2. The Morgan fingerprint density at radius 2 is 1.91 bits per heavy atom. The summed E-state index contributed by atoms with van der Waals surface area (Å²) in [7, 11) is 1.46. The van der Waals surface area contributed by atoms with Gasteiger partial charge in [0.15, 0.2) is 0 Å². The van der Waals surface area contributed by atoms with Crippen molar-refractivity contribution in [3.63, 3.8) is 0 Å². The van der Waals surface area contributed by atoms with Crippen molar-refractivity contribution in [3.05, 3.63) is 46.1 Å². The summed E-state index contributed by atoms with van der Waals surface area (Å²) in [5.74, 6) is 0.816. The average molecular weight is 516 g/mol. The zero-order chi connectivity index (χ0) is 25.3. The Kier molecular flexibility index (Phi) is 6.95. The molecule has 1 aliphatic heterocycles. The third-order valence-electron chi connectivity index (χ3n) is 5.71. The molecule has 4 rings (SSSR count). The minimum atomic E-state index is -0.115. The van der Waals surface area contributed by atoms with E-state index in [9.17, 15) is 4.79 Å². The first kappa shape index (κ1) is 24.5. The number of nitrogens with two attached hydrogens (primary N) is 1. The van der Waals surface area contributed by atoms with E-state index >= 15 is 0 Å². The minimum Gasteiger partial charge on any atom is -0.467 e. The number of aromatic nitrogens is 3. The third-order valence-corrected chi connectivity index (χ3v) is 6.29. The Bertz CT molecular complexity index is 1340. The molecule has 12 heteroatoms. The van der Waals surface area contributed by atoms with Crippen LogP contribution in [0.2, 0.25) is 10.2 Å². The number of benzene rings is 1. The number of fused-ring (bicyclic) bond motifs is 1. The molecule has 2 aromatic heterocycles. The highest BCUT2D eigenvalue weighted by Crippen LogP contribution is 2.40. The number of anilines is 2. The molecular formula is C23H23Cl2N7O3. The van der Waals surface area contributed by atoms with Crippen molar-refractivity contribution < 1.29 is 14.3 Å². The maximum Gasteiger partial charge on any atom is 0.318 e. The topological polar surface area (TPSA) is 131 Å². The molecule has 35 heavy (non-hydrogen) atoms. The van der Waals surface area contributed by atoms with Gasteiger partial charge in [-0.3, -0.25) is 4.79 Å². The molecular weight excluding hydrogens is 493 g/mol. The number of halogens is 2. The van der Waals surface area contributed by atoms with Gasteiger partial charge in [0.25, 0.3) is 0 Å². The van der Waals surface area contributed by atoms with Gasteiger partial charge in [0.05, 0.1) is 18.1 Å². The lowest BCUT2D eigenvalue weighted by Gasteiger charge is -2.35. The maximum atomic E-state index is 12.0. The Morgan fingerprint density at radius 1 is 1.20 bits per heavy atom. The molecule has 0 bridgehead atoms.